The molecule has 0 saturated heterocycles. The van der Waals surface area contributed by atoms with Crippen molar-refractivity contribution in [1.82, 2.24) is 0 Å². The van der Waals surface area contributed by atoms with Crippen LogP contribution in [0.5, 0.6) is 5.75 Å². The summed E-state index contributed by atoms with van der Waals surface area (Å²) in [6, 6.07) is 5.85. The average molecular weight is 319 g/mol. The second-order valence-electron chi connectivity index (χ2n) is 7.01. The number of methoxy groups -OCH3 is 2. The van der Waals surface area contributed by atoms with Crippen molar-refractivity contribution >= 4 is 11.7 Å². The number of hydrogen-bond acceptors (Lipinski definition) is 4. The lowest BCUT2D eigenvalue weighted by Gasteiger charge is -2.50. The van der Waals surface area contributed by atoms with Crippen LogP contribution >= 0.6 is 0 Å². The van der Waals surface area contributed by atoms with Gasteiger partial charge in [0.2, 0.25) is 0 Å². The monoisotopic (exact) mass is 319 g/mol. The largest absolute Gasteiger partial charge is 0.495 e. The van der Waals surface area contributed by atoms with E-state index < -0.39 is 0 Å². The minimum Gasteiger partial charge on any atom is -0.495 e. The third kappa shape index (κ3) is 3.17. The van der Waals surface area contributed by atoms with Crippen LogP contribution in [0.15, 0.2) is 18.2 Å². The van der Waals surface area contributed by atoms with E-state index in [2.05, 4.69) is 38.7 Å². The fraction of sp³-hybridized carbons (Fsp3) is 0.632. The van der Waals surface area contributed by atoms with Gasteiger partial charge in [-0.15, -0.1) is 0 Å². The number of anilines is 1. The molecule has 0 fully saturated rings. The first-order chi connectivity index (χ1) is 10.9. The van der Waals surface area contributed by atoms with Crippen molar-refractivity contribution in [1.29, 1.82) is 0 Å². The van der Waals surface area contributed by atoms with Gasteiger partial charge in [-0.2, -0.15) is 0 Å². The maximum atomic E-state index is 12.5. The smallest absolute Gasteiger partial charge is 0.328 e. The molecule has 0 aromatic heterocycles. The second kappa shape index (κ2) is 6.81. The van der Waals surface area contributed by atoms with Gasteiger partial charge in [0.05, 0.1) is 19.9 Å². The molecule has 4 nitrogen and oxygen atoms in total. The van der Waals surface area contributed by atoms with E-state index in [1.165, 1.54) is 12.7 Å². The molecule has 0 spiro atoms. The van der Waals surface area contributed by atoms with Gasteiger partial charge in [-0.05, 0) is 44.2 Å². The molecule has 1 heterocycles. The zero-order chi connectivity index (χ0) is 17.2. The Morgan fingerprint density at radius 1 is 1.39 bits per heavy atom. The summed E-state index contributed by atoms with van der Waals surface area (Å²) in [6.45, 7) is 8.73. The van der Waals surface area contributed by atoms with E-state index in [1.54, 1.807) is 7.11 Å². The number of nitrogens with zero attached hydrogens (tertiary/aromatic N) is 1. The van der Waals surface area contributed by atoms with E-state index in [-0.39, 0.29) is 17.6 Å². The molecule has 1 aliphatic heterocycles. The van der Waals surface area contributed by atoms with Crippen molar-refractivity contribution in [3.05, 3.63) is 23.8 Å². The van der Waals surface area contributed by atoms with E-state index in [9.17, 15) is 4.79 Å². The van der Waals surface area contributed by atoms with Crippen LogP contribution in [-0.2, 0) is 9.53 Å². The molecule has 2 rings (SSSR count). The Morgan fingerprint density at radius 2 is 2.09 bits per heavy atom. The molecule has 4 heteroatoms. The van der Waals surface area contributed by atoms with Crippen LogP contribution in [0.2, 0.25) is 0 Å². The van der Waals surface area contributed by atoms with Crippen molar-refractivity contribution in [3.8, 4) is 5.75 Å². The summed E-state index contributed by atoms with van der Waals surface area (Å²) < 4.78 is 10.7. The molecule has 1 aromatic rings. The molecule has 0 radical (unpaired) electrons. The van der Waals surface area contributed by atoms with Crippen molar-refractivity contribution in [2.75, 3.05) is 19.1 Å². The first kappa shape index (κ1) is 17.6. The van der Waals surface area contributed by atoms with Gasteiger partial charge < -0.3 is 14.4 Å². The maximum absolute atomic E-state index is 12.5. The summed E-state index contributed by atoms with van der Waals surface area (Å²) in [5, 5.41) is 0. The van der Waals surface area contributed by atoms with Crippen molar-refractivity contribution in [3.63, 3.8) is 0 Å². The van der Waals surface area contributed by atoms with Crippen LogP contribution in [0.25, 0.3) is 0 Å². The van der Waals surface area contributed by atoms with Crippen molar-refractivity contribution < 1.29 is 14.3 Å². The summed E-state index contributed by atoms with van der Waals surface area (Å²) in [4.78, 5) is 14.7. The topological polar surface area (TPSA) is 38.8 Å². The number of carbonyl (C=O) groups excluding carboxylic acids is 1. The summed E-state index contributed by atoms with van der Waals surface area (Å²) in [7, 11) is 3.15. The normalized spacial score (nSPS) is 20.6. The molecule has 2 atom stereocenters. The number of rotatable bonds is 5. The van der Waals surface area contributed by atoms with E-state index in [4.69, 9.17) is 9.47 Å². The fourth-order valence-electron chi connectivity index (χ4n) is 3.96. The van der Waals surface area contributed by atoms with Crippen LogP contribution in [0, 0.1) is 0 Å². The van der Waals surface area contributed by atoms with Gasteiger partial charge in [0.25, 0.3) is 0 Å². The molecule has 1 aromatic carbocycles. The van der Waals surface area contributed by atoms with Gasteiger partial charge >= 0.3 is 5.97 Å². The van der Waals surface area contributed by atoms with Crippen molar-refractivity contribution in [2.45, 2.75) is 64.5 Å². The van der Waals surface area contributed by atoms with Gasteiger partial charge in [-0.25, -0.2) is 4.79 Å². The summed E-state index contributed by atoms with van der Waals surface area (Å²) in [5.74, 6) is 1.07. The molecular formula is C19H29NO3. The summed E-state index contributed by atoms with van der Waals surface area (Å²) in [5.41, 5.74) is 2.14. The van der Waals surface area contributed by atoms with Crippen molar-refractivity contribution in [2.24, 2.45) is 0 Å². The minimum absolute atomic E-state index is 0.144. The molecule has 0 amide bonds. The lowest BCUT2D eigenvalue weighted by atomic mass is 9.78. The summed E-state index contributed by atoms with van der Waals surface area (Å²) in [6.07, 6.45) is 2.68. The number of benzene rings is 1. The quantitative estimate of drug-likeness (QED) is 0.765. The van der Waals surface area contributed by atoms with Crippen LogP contribution in [0.4, 0.5) is 5.69 Å². The highest BCUT2D eigenvalue weighted by Crippen LogP contribution is 2.49. The Hall–Kier alpha value is -1.71. The Balaban J connectivity index is 2.64. The molecule has 23 heavy (non-hydrogen) atoms. The van der Waals surface area contributed by atoms with Gasteiger partial charge in [0, 0.05) is 5.54 Å². The average Bonchev–Trinajstić information content (AvgIpc) is 2.52. The fourth-order valence-corrected chi connectivity index (χ4v) is 3.96. The molecule has 0 saturated carbocycles. The first-order valence-corrected chi connectivity index (χ1v) is 8.41. The highest BCUT2D eigenvalue weighted by molar-refractivity contribution is 5.83. The number of carbonyl (C=O) groups is 1. The lowest BCUT2D eigenvalue weighted by Crippen LogP contribution is -2.56. The molecule has 1 aliphatic rings. The van der Waals surface area contributed by atoms with Crippen LogP contribution in [0.3, 0.4) is 0 Å². The third-order valence-corrected chi connectivity index (χ3v) is 4.83. The molecule has 128 valence electrons. The maximum Gasteiger partial charge on any atom is 0.328 e. The zero-order valence-electron chi connectivity index (χ0n) is 15.2. The molecule has 0 unspecified atom stereocenters. The highest BCUT2D eigenvalue weighted by atomic mass is 16.5. The summed E-state index contributed by atoms with van der Waals surface area (Å²) >= 11 is 0. The number of fused-ring (bicyclic) bond motifs is 1. The number of para-hydroxylation sites is 1. The minimum atomic E-state index is -0.289. The lowest BCUT2D eigenvalue weighted by molar-refractivity contribution is -0.142. The highest BCUT2D eigenvalue weighted by Gasteiger charge is 2.43. The number of hydrogen-bond donors (Lipinski definition) is 0. The van der Waals surface area contributed by atoms with E-state index in [0.717, 1.165) is 30.7 Å². The second-order valence-corrected chi connectivity index (χ2v) is 7.01. The van der Waals surface area contributed by atoms with Crippen LogP contribution in [-0.4, -0.2) is 31.8 Å². The van der Waals surface area contributed by atoms with Gasteiger partial charge in [0.1, 0.15) is 11.8 Å². The van der Waals surface area contributed by atoms with Crippen LogP contribution < -0.4 is 9.64 Å². The molecule has 0 aliphatic carbocycles. The molecule has 0 bridgehead atoms. The first-order valence-electron chi connectivity index (χ1n) is 8.41. The zero-order valence-corrected chi connectivity index (χ0v) is 15.2. The van der Waals surface area contributed by atoms with E-state index >= 15 is 0 Å². The Bertz CT molecular complexity index is 568. The van der Waals surface area contributed by atoms with Gasteiger partial charge in [-0.3, -0.25) is 0 Å². The Morgan fingerprint density at radius 3 is 2.65 bits per heavy atom. The molecule has 0 N–H and O–H groups in total. The third-order valence-electron chi connectivity index (χ3n) is 4.83. The Labute approximate surface area is 139 Å². The van der Waals surface area contributed by atoms with E-state index in [1.807, 2.05) is 12.1 Å². The van der Waals surface area contributed by atoms with E-state index in [0.29, 0.717) is 5.92 Å². The number of esters is 1. The SMILES string of the molecule is CCC[C@H](C(=O)OC)N1c2c(OC)cccc2[C@@H](C)CC1(C)C. The predicted molar refractivity (Wildman–Crippen MR) is 93.3 cm³/mol. The number of ether oxygens (including phenoxy) is 2. The van der Waals surface area contributed by atoms with Crippen LogP contribution in [0.1, 0.15) is 58.4 Å². The van der Waals surface area contributed by atoms with Gasteiger partial charge in [0.15, 0.2) is 0 Å². The predicted octanol–water partition coefficient (Wildman–Crippen LogP) is 4.13. The Kier molecular flexibility index (Phi) is 5.23. The van der Waals surface area contributed by atoms with Gasteiger partial charge in [-0.1, -0.05) is 32.4 Å². The standard InChI is InChI=1S/C19H29NO3/c1-7-9-15(18(21)23-6)20-17-14(10-8-11-16(17)22-5)13(2)12-19(20,3)4/h8,10-11,13,15H,7,9,12H2,1-6H3/t13-,15+/m0/s1. The molecular weight excluding hydrogens is 290 g/mol.